The van der Waals surface area contributed by atoms with Crippen molar-refractivity contribution in [1.29, 1.82) is 0 Å². The largest absolute Gasteiger partial charge is 1.00 e. The van der Waals surface area contributed by atoms with Crippen LogP contribution in [-0.2, 0) is 32.1 Å². The van der Waals surface area contributed by atoms with Gasteiger partial charge < -0.3 is 24.8 Å². The SMILES string of the molecule is CC1=CC(C)[C](/[Zr+2](=[C](/C)c2ccc(C)cc2)[CH]2c3cc4c(cc3-c3cc5c(cc32)C(C)(C)C=C5C)C(C)=CC4(C)C)=C1.[Cl-].[Cl-]. The summed E-state index contributed by atoms with van der Waals surface area (Å²) >= 11 is -2.56. The fraction of sp³-hybridized carbons (Fsp3) is 0.341. The molecule has 44 heavy (non-hydrogen) atoms. The zero-order valence-electron chi connectivity index (χ0n) is 27.8. The van der Waals surface area contributed by atoms with Gasteiger partial charge in [-0.1, -0.05) is 0 Å². The summed E-state index contributed by atoms with van der Waals surface area (Å²) in [6.45, 7) is 23.6. The molecule has 0 spiro atoms. The van der Waals surface area contributed by atoms with Gasteiger partial charge in [0.2, 0.25) is 0 Å². The number of halogens is 2. The molecule has 0 fully saturated rings. The van der Waals surface area contributed by atoms with Crippen molar-refractivity contribution in [1.82, 2.24) is 0 Å². The minimum Gasteiger partial charge on any atom is -1.00 e. The molecule has 0 heterocycles. The molecular weight excluding hydrogens is 655 g/mol. The van der Waals surface area contributed by atoms with Gasteiger partial charge in [0, 0.05) is 0 Å². The summed E-state index contributed by atoms with van der Waals surface area (Å²) < 4.78 is 3.89. The van der Waals surface area contributed by atoms with E-state index in [4.69, 9.17) is 0 Å². The topological polar surface area (TPSA) is 0 Å². The second kappa shape index (κ2) is 11.3. The second-order valence-electron chi connectivity index (χ2n) is 14.7. The number of benzene rings is 3. The fourth-order valence-electron chi connectivity index (χ4n) is 8.56. The number of hydrogen-bond donors (Lipinski definition) is 0. The molecule has 4 aliphatic carbocycles. The Morgan fingerprint density at radius 1 is 0.682 bits per heavy atom. The van der Waals surface area contributed by atoms with Gasteiger partial charge in [-0.3, -0.25) is 0 Å². The van der Waals surface area contributed by atoms with Crippen molar-refractivity contribution in [2.45, 2.75) is 83.7 Å². The van der Waals surface area contributed by atoms with Crippen LogP contribution < -0.4 is 24.8 Å². The molecule has 226 valence electrons. The van der Waals surface area contributed by atoms with Gasteiger partial charge in [0.1, 0.15) is 0 Å². The molecule has 4 aliphatic rings. The zero-order chi connectivity index (χ0) is 29.9. The van der Waals surface area contributed by atoms with Crippen LogP contribution in [0.15, 0.2) is 81.7 Å². The summed E-state index contributed by atoms with van der Waals surface area (Å²) in [4.78, 5) is 0. The van der Waals surface area contributed by atoms with Crippen LogP contribution in [0.4, 0.5) is 0 Å². The Kier molecular flexibility index (Phi) is 8.58. The van der Waals surface area contributed by atoms with E-state index >= 15 is 0 Å². The predicted molar refractivity (Wildman–Crippen MR) is 179 cm³/mol. The molecule has 0 nitrogen and oxygen atoms in total. The van der Waals surface area contributed by atoms with Crippen molar-refractivity contribution in [3.8, 4) is 11.1 Å². The summed E-state index contributed by atoms with van der Waals surface area (Å²) in [6.07, 6.45) is 10.1. The molecule has 3 aromatic carbocycles. The maximum Gasteiger partial charge on any atom is -1.00 e. The van der Waals surface area contributed by atoms with Crippen molar-refractivity contribution >= 4 is 14.4 Å². The molecule has 0 bridgehead atoms. The summed E-state index contributed by atoms with van der Waals surface area (Å²) in [5.41, 5.74) is 19.3. The molecule has 0 aliphatic heterocycles. The van der Waals surface area contributed by atoms with E-state index in [2.05, 4.69) is 142 Å². The average molecular weight is 699 g/mol. The van der Waals surface area contributed by atoms with Gasteiger partial charge in [0.15, 0.2) is 0 Å². The van der Waals surface area contributed by atoms with Crippen LogP contribution in [0.2, 0.25) is 0 Å². The molecular formula is C41H44Cl2Zr. The first-order valence-corrected chi connectivity index (χ1v) is 19.6. The first-order chi connectivity index (χ1) is 19.8. The van der Waals surface area contributed by atoms with Crippen molar-refractivity contribution < 1.29 is 46.1 Å². The standard InChI is InChI=1S/C25H25.C9H10.C7H9.2ClH.Zr/c1-14-12-24(3,4)22-8-16-7-17-9-23-19(15(2)13-25(23,5)6)11-21(17)20(16)10-18(14)22;1-3-9-6-4-8(2)5-7-9;1-6-3-4-7(2)5-6;;;/h7-13H,1-6H3;4-7H,1-2H3;3,5,7H,1-2H3;2*1H;/q;;;;;+2/p-2. The fourth-order valence-corrected chi connectivity index (χ4v) is 17.7. The number of fused-ring (bicyclic) bond motifs is 5. The van der Waals surface area contributed by atoms with E-state index in [9.17, 15) is 0 Å². The summed E-state index contributed by atoms with van der Waals surface area (Å²) in [7, 11) is 0. The van der Waals surface area contributed by atoms with E-state index in [0.717, 1.165) is 0 Å². The molecule has 0 amide bonds. The first-order valence-electron chi connectivity index (χ1n) is 15.7. The molecule has 3 heteroatoms. The van der Waals surface area contributed by atoms with Crippen molar-refractivity contribution in [2.75, 3.05) is 0 Å². The van der Waals surface area contributed by atoms with Crippen molar-refractivity contribution in [2.24, 2.45) is 5.92 Å². The zero-order valence-corrected chi connectivity index (χ0v) is 31.8. The number of allylic oxidation sites excluding steroid dienone is 8. The summed E-state index contributed by atoms with van der Waals surface area (Å²) in [5, 5.41) is 0. The maximum atomic E-state index is 2.66. The molecule has 1 unspecified atom stereocenters. The van der Waals surface area contributed by atoms with Crippen LogP contribution >= 0.6 is 0 Å². The van der Waals surface area contributed by atoms with Gasteiger partial charge in [-0.05, 0) is 0 Å². The average Bonchev–Trinajstić information content (AvgIpc) is 3.56. The maximum absolute atomic E-state index is 2.66. The molecule has 0 radical (unpaired) electrons. The van der Waals surface area contributed by atoms with Gasteiger partial charge >= 0.3 is 263 Å². The quantitative estimate of drug-likeness (QED) is 0.369. The summed E-state index contributed by atoms with van der Waals surface area (Å²) in [5.74, 6) is 0.511. The van der Waals surface area contributed by atoms with Crippen LogP contribution in [0.25, 0.3) is 22.3 Å². The van der Waals surface area contributed by atoms with Crippen LogP contribution in [0.3, 0.4) is 0 Å². The molecule has 1 atom stereocenters. The van der Waals surface area contributed by atoms with E-state index in [0.29, 0.717) is 9.54 Å². The van der Waals surface area contributed by atoms with Crippen LogP contribution in [0.5, 0.6) is 0 Å². The van der Waals surface area contributed by atoms with Gasteiger partial charge in [-0.15, -0.1) is 0 Å². The minimum atomic E-state index is -2.56. The molecule has 0 N–H and O–H groups in total. The van der Waals surface area contributed by atoms with Crippen molar-refractivity contribution in [3.05, 3.63) is 126 Å². The number of rotatable bonds is 3. The van der Waals surface area contributed by atoms with Crippen molar-refractivity contribution in [3.63, 3.8) is 0 Å². The molecule has 3 aromatic rings. The normalized spacial score (nSPS) is 20.2. The first kappa shape index (κ1) is 33.3. The van der Waals surface area contributed by atoms with Gasteiger partial charge in [-0.25, -0.2) is 0 Å². The van der Waals surface area contributed by atoms with Crippen LogP contribution in [-0.4, -0.2) is 3.21 Å². The third-order valence-electron chi connectivity index (χ3n) is 10.6. The van der Waals surface area contributed by atoms with Gasteiger partial charge in [0.05, 0.1) is 0 Å². The smallest absolute Gasteiger partial charge is 1.00 e. The molecule has 7 rings (SSSR count). The third-order valence-corrected chi connectivity index (χ3v) is 19.2. The predicted octanol–water partition coefficient (Wildman–Crippen LogP) is 4.80. The number of hydrogen-bond acceptors (Lipinski definition) is 0. The Balaban J connectivity index is 0.00000192. The van der Waals surface area contributed by atoms with Crippen LogP contribution in [0.1, 0.15) is 110 Å². The van der Waals surface area contributed by atoms with E-state index < -0.39 is 21.3 Å². The van der Waals surface area contributed by atoms with E-state index in [1.807, 2.05) is 0 Å². The van der Waals surface area contributed by atoms with Crippen LogP contribution in [0, 0.1) is 12.8 Å². The van der Waals surface area contributed by atoms with Gasteiger partial charge in [-0.2, -0.15) is 0 Å². The minimum absolute atomic E-state index is 0. The second-order valence-corrected chi connectivity index (χ2v) is 21.4. The molecule has 0 saturated carbocycles. The third kappa shape index (κ3) is 5.01. The summed E-state index contributed by atoms with van der Waals surface area (Å²) in [6, 6.07) is 19.9. The van der Waals surface area contributed by atoms with E-state index in [1.165, 1.54) is 61.2 Å². The monoisotopic (exact) mass is 696 g/mol. The molecule has 0 aromatic heterocycles. The Morgan fingerprint density at radius 3 is 1.59 bits per heavy atom. The Labute approximate surface area is 285 Å². The number of aryl methyl sites for hydroxylation is 1. The Morgan fingerprint density at radius 2 is 1.16 bits per heavy atom. The molecule has 0 saturated heterocycles. The van der Waals surface area contributed by atoms with Gasteiger partial charge in [0.25, 0.3) is 0 Å². The Bertz CT molecular complexity index is 1790. The van der Waals surface area contributed by atoms with E-state index in [1.54, 1.807) is 17.6 Å². The Hall–Kier alpha value is -2.05. The van der Waals surface area contributed by atoms with E-state index in [-0.39, 0.29) is 35.6 Å².